The monoisotopic (exact) mass is 190 g/mol. The van der Waals surface area contributed by atoms with Crippen LogP contribution in [-0.2, 0) is 0 Å². The maximum absolute atomic E-state index is 12.2. The summed E-state index contributed by atoms with van der Waals surface area (Å²) < 4.78 is 35.3. The Balaban J connectivity index is 3.68. The summed E-state index contributed by atoms with van der Waals surface area (Å²) in [4.78, 5) is 0. The molecule has 0 amide bonds. The van der Waals surface area contributed by atoms with E-state index in [4.69, 9.17) is 11.1 Å². The highest BCUT2D eigenvalue weighted by Crippen LogP contribution is 2.22. The molecular weight excluding hydrogens is 181 g/mol. The molecule has 0 rings (SSSR count). The molecule has 1 unspecified atom stereocenters. The zero-order valence-electron chi connectivity index (χ0n) is 5.87. The van der Waals surface area contributed by atoms with Crippen LogP contribution in [0.25, 0.3) is 0 Å². The van der Waals surface area contributed by atoms with Gasteiger partial charge in [0.05, 0.1) is 0 Å². The third kappa shape index (κ3) is 5.11. The zero-order chi connectivity index (χ0) is 8.36. The Kier molecular flexibility index (Phi) is 3.73. The first kappa shape index (κ1) is 10.3. The highest BCUT2D eigenvalue weighted by molar-refractivity contribution is 7.19. The van der Waals surface area contributed by atoms with Gasteiger partial charge >= 0.3 is 0 Å². The predicted octanol–water partition coefficient (Wildman–Crippen LogP) is 3.03. The summed E-state index contributed by atoms with van der Waals surface area (Å²) >= 11 is 5.64. The Morgan fingerprint density at radius 2 is 1.70 bits per heavy atom. The molecule has 0 bridgehead atoms. The number of halogens is 4. The lowest BCUT2D eigenvalue weighted by molar-refractivity contribution is 0.0598. The minimum atomic E-state index is -2.88. The van der Waals surface area contributed by atoms with Crippen LogP contribution in [0.15, 0.2) is 0 Å². The first-order valence-electron chi connectivity index (χ1n) is 2.94. The van der Waals surface area contributed by atoms with Gasteiger partial charge in [-0.2, -0.15) is 11.1 Å². The van der Waals surface area contributed by atoms with Crippen LogP contribution < -0.4 is 0 Å². The molecule has 1 atom stereocenters. The molecule has 0 aliphatic heterocycles. The van der Waals surface area contributed by atoms with Crippen LogP contribution in [-0.4, -0.2) is 20.0 Å². The van der Waals surface area contributed by atoms with E-state index in [2.05, 4.69) is 0 Å². The molecule has 0 N–H and O–H groups in total. The average Bonchev–Trinajstić information content (AvgIpc) is 1.60. The van der Waals surface area contributed by atoms with Crippen molar-refractivity contribution in [3.63, 3.8) is 0 Å². The predicted molar refractivity (Wildman–Crippen MR) is 39.0 cm³/mol. The molecule has 0 aromatic heterocycles. The molecular formula is C5H10ClF3Si. The molecule has 0 nitrogen and oxygen atoms in total. The topological polar surface area (TPSA) is 0 Å². The molecule has 10 heavy (non-hydrogen) atoms. The molecule has 5 heteroatoms. The molecule has 0 fully saturated rings. The Hall–Kier alpha value is 0.297. The van der Waals surface area contributed by atoms with Gasteiger partial charge in [-0.3, -0.25) is 0 Å². The third-order valence-corrected chi connectivity index (χ3v) is 2.78. The number of hydrogen-bond donors (Lipinski definition) is 0. The van der Waals surface area contributed by atoms with E-state index in [1.807, 2.05) is 0 Å². The van der Waals surface area contributed by atoms with E-state index in [1.54, 1.807) is 13.1 Å². The van der Waals surface area contributed by atoms with Crippen molar-refractivity contribution < 1.29 is 13.2 Å². The first-order chi connectivity index (χ1) is 4.33. The van der Waals surface area contributed by atoms with Gasteiger partial charge in [0, 0.05) is 0 Å². The highest BCUT2D eigenvalue weighted by Gasteiger charge is 2.28. The maximum atomic E-state index is 12.2. The summed E-state index contributed by atoms with van der Waals surface area (Å²) in [5.41, 5.74) is 0. The van der Waals surface area contributed by atoms with Crippen LogP contribution in [0, 0.1) is 0 Å². The molecule has 0 aromatic carbocycles. The number of hydrogen-bond acceptors (Lipinski definition) is 0. The minimum Gasteiger partial charge on any atom is -0.241 e. The average molecular weight is 191 g/mol. The SMILES string of the molecule is C[Si](C)(Cl)CC(F)C(F)F. The lowest BCUT2D eigenvalue weighted by Crippen LogP contribution is -2.26. The van der Waals surface area contributed by atoms with Crippen molar-refractivity contribution in [3.05, 3.63) is 0 Å². The molecule has 0 aromatic rings. The fourth-order valence-corrected chi connectivity index (χ4v) is 2.10. The van der Waals surface area contributed by atoms with E-state index < -0.39 is 20.0 Å². The Bertz CT molecular complexity index is 102. The van der Waals surface area contributed by atoms with Crippen LogP contribution in [0.2, 0.25) is 19.1 Å². The number of rotatable bonds is 3. The Morgan fingerprint density at radius 1 is 1.30 bits per heavy atom. The fourth-order valence-electron chi connectivity index (χ4n) is 0.553. The summed E-state index contributed by atoms with van der Waals surface area (Å²) in [6.07, 6.45) is -4.93. The van der Waals surface area contributed by atoms with E-state index in [9.17, 15) is 13.2 Å². The Morgan fingerprint density at radius 3 is 1.80 bits per heavy atom. The molecule has 0 saturated carbocycles. The van der Waals surface area contributed by atoms with E-state index >= 15 is 0 Å². The summed E-state index contributed by atoms with van der Waals surface area (Å²) in [5, 5.41) is 0. The molecule has 0 aliphatic rings. The van der Waals surface area contributed by atoms with E-state index in [0.29, 0.717) is 0 Å². The normalized spacial score (nSPS) is 15.9. The molecule has 0 radical (unpaired) electrons. The molecule has 0 spiro atoms. The van der Waals surface area contributed by atoms with Crippen LogP contribution >= 0.6 is 11.1 Å². The van der Waals surface area contributed by atoms with E-state index in [1.165, 1.54) is 0 Å². The summed E-state index contributed by atoms with van der Waals surface area (Å²) in [5.74, 6) is 0. The van der Waals surface area contributed by atoms with Gasteiger partial charge in [0.1, 0.15) is 0 Å². The van der Waals surface area contributed by atoms with Gasteiger partial charge in [0.25, 0.3) is 6.43 Å². The molecule has 0 aliphatic carbocycles. The summed E-state index contributed by atoms with van der Waals surface area (Å²) in [6.45, 7) is 3.28. The van der Waals surface area contributed by atoms with Crippen LogP contribution in [0.3, 0.4) is 0 Å². The third-order valence-electron chi connectivity index (χ3n) is 0.954. The Labute approximate surface area is 64.1 Å². The van der Waals surface area contributed by atoms with Gasteiger partial charge in [-0.15, -0.1) is 0 Å². The second-order valence-corrected chi connectivity index (χ2v) is 9.69. The first-order valence-corrected chi connectivity index (χ1v) is 7.16. The summed E-state index contributed by atoms with van der Waals surface area (Å²) in [7, 11) is -2.17. The second kappa shape index (κ2) is 3.62. The van der Waals surface area contributed by atoms with Crippen molar-refractivity contribution in [2.45, 2.75) is 31.7 Å². The minimum absolute atomic E-state index is 0.174. The summed E-state index contributed by atoms with van der Waals surface area (Å²) in [6, 6.07) is -0.174. The lowest BCUT2D eigenvalue weighted by atomic mass is 10.5. The van der Waals surface area contributed by atoms with Crippen molar-refractivity contribution in [1.82, 2.24) is 0 Å². The van der Waals surface area contributed by atoms with Crippen molar-refractivity contribution in [2.75, 3.05) is 0 Å². The van der Waals surface area contributed by atoms with Crippen molar-refractivity contribution in [1.29, 1.82) is 0 Å². The van der Waals surface area contributed by atoms with Gasteiger partial charge in [-0.05, 0) is 6.04 Å². The second-order valence-electron chi connectivity index (χ2n) is 2.77. The van der Waals surface area contributed by atoms with Gasteiger partial charge in [0.2, 0.25) is 0 Å². The highest BCUT2D eigenvalue weighted by atomic mass is 35.6. The molecule has 62 valence electrons. The van der Waals surface area contributed by atoms with Gasteiger partial charge in [-0.25, -0.2) is 13.2 Å². The van der Waals surface area contributed by atoms with E-state index in [0.717, 1.165) is 0 Å². The van der Waals surface area contributed by atoms with Gasteiger partial charge < -0.3 is 0 Å². The van der Waals surface area contributed by atoms with Crippen LogP contribution in [0.1, 0.15) is 0 Å². The quantitative estimate of drug-likeness (QED) is 0.474. The molecule has 0 heterocycles. The maximum Gasteiger partial charge on any atom is 0.269 e. The fraction of sp³-hybridized carbons (Fsp3) is 1.00. The van der Waals surface area contributed by atoms with E-state index in [-0.39, 0.29) is 6.04 Å². The smallest absolute Gasteiger partial charge is 0.241 e. The lowest BCUT2D eigenvalue weighted by Gasteiger charge is -2.14. The zero-order valence-corrected chi connectivity index (χ0v) is 7.63. The van der Waals surface area contributed by atoms with Crippen LogP contribution in [0.4, 0.5) is 13.2 Å². The standard InChI is InChI=1S/C5H10ClF3Si/c1-10(2,6)3-4(7)5(8)9/h4-5H,3H2,1-2H3. The number of alkyl halides is 3. The van der Waals surface area contributed by atoms with Gasteiger partial charge in [-0.1, -0.05) is 13.1 Å². The van der Waals surface area contributed by atoms with Crippen LogP contribution in [0.5, 0.6) is 0 Å². The molecule has 0 saturated heterocycles. The van der Waals surface area contributed by atoms with Crippen molar-refractivity contribution >= 4 is 18.5 Å². The van der Waals surface area contributed by atoms with Crippen molar-refractivity contribution in [2.24, 2.45) is 0 Å². The largest absolute Gasteiger partial charge is 0.269 e. The van der Waals surface area contributed by atoms with Crippen molar-refractivity contribution in [3.8, 4) is 0 Å². The van der Waals surface area contributed by atoms with Gasteiger partial charge in [0.15, 0.2) is 13.6 Å².